The summed E-state index contributed by atoms with van der Waals surface area (Å²) in [6, 6.07) is 0. The van der Waals surface area contributed by atoms with E-state index < -0.39 is 0 Å². The van der Waals surface area contributed by atoms with Crippen molar-refractivity contribution in [2.24, 2.45) is 0 Å². The molecule has 0 atom stereocenters. The van der Waals surface area contributed by atoms with E-state index >= 15 is 0 Å². The van der Waals surface area contributed by atoms with E-state index in [1.165, 1.54) is 0 Å². The normalized spacial score (nSPS) is 11.6. The van der Waals surface area contributed by atoms with Crippen molar-refractivity contribution < 1.29 is 0 Å². The van der Waals surface area contributed by atoms with Gasteiger partial charge in [0.2, 0.25) is 0 Å². The quantitative estimate of drug-likeness (QED) is 0.469. The summed E-state index contributed by atoms with van der Waals surface area (Å²) in [4.78, 5) is -0.236. The molecule has 0 nitrogen and oxygen atoms in total. The van der Waals surface area contributed by atoms with E-state index in [0.717, 1.165) is 19.3 Å². The molecule has 3 heteroatoms. The van der Waals surface area contributed by atoms with E-state index in [9.17, 15) is 0 Å². The van der Waals surface area contributed by atoms with Crippen molar-refractivity contribution in [1.29, 1.82) is 0 Å². The number of allylic oxidation sites excluding steroid dienone is 2. The van der Waals surface area contributed by atoms with Crippen molar-refractivity contribution in [3.8, 4) is 0 Å². The van der Waals surface area contributed by atoms with Crippen LogP contribution in [0.4, 0.5) is 0 Å². The molecule has 10 heavy (non-hydrogen) atoms. The van der Waals surface area contributed by atoms with Crippen LogP contribution in [-0.4, -0.2) is 10.7 Å². The molecule has 0 radical (unpaired) electrons. The molecule has 0 rings (SSSR count). The first-order valence-electron chi connectivity index (χ1n) is 3.26. The fraction of sp³-hybridized carbons (Fsp3) is 0.714. The Balaban J connectivity index is 3.02. The van der Waals surface area contributed by atoms with E-state index in [1.54, 1.807) is 0 Å². The Morgan fingerprint density at radius 1 is 1.10 bits per heavy atom. The first kappa shape index (κ1) is 10.6. The summed E-state index contributed by atoms with van der Waals surface area (Å²) in [5, 5.41) is 0. The number of alkyl halides is 3. The highest BCUT2D eigenvalue weighted by atomic mass is 35.5. The Bertz CT molecular complexity index is 88.9. The van der Waals surface area contributed by atoms with Gasteiger partial charge < -0.3 is 0 Å². The number of hydrogen-bond acceptors (Lipinski definition) is 0. The lowest BCUT2D eigenvalue weighted by Gasteiger charge is -1.93. The van der Waals surface area contributed by atoms with Crippen LogP contribution in [0.3, 0.4) is 0 Å². The van der Waals surface area contributed by atoms with E-state index in [-0.39, 0.29) is 4.84 Å². The lowest BCUT2D eigenvalue weighted by Crippen LogP contribution is -1.82. The Morgan fingerprint density at radius 2 is 1.70 bits per heavy atom. The minimum atomic E-state index is -0.236. The Morgan fingerprint density at radius 3 is 2.20 bits per heavy atom. The van der Waals surface area contributed by atoms with Crippen LogP contribution >= 0.6 is 34.8 Å². The molecule has 0 spiro atoms. The standard InChI is InChI=1S/C7H11Cl3/c8-6-4-2-1-3-5-7(9)10/h1-2,7H,3-6H2/b2-1+. The van der Waals surface area contributed by atoms with Crippen LogP contribution in [0, 0.1) is 0 Å². The summed E-state index contributed by atoms with van der Waals surface area (Å²) < 4.78 is 0. The lowest BCUT2D eigenvalue weighted by molar-refractivity contribution is 0.919. The van der Waals surface area contributed by atoms with Gasteiger partial charge in [0.05, 0.1) is 0 Å². The first-order chi connectivity index (χ1) is 4.77. The summed E-state index contributed by atoms with van der Waals surface area (Å²) in [6.07, 6.45) is 6.79. The molecule has 0 aliphatic rings. The van der Waals surface area contributed by atoms with E-state index in [0.29, 0.717) is 5.88 Å². The predicted molar refractivity (Wildman–Crippen MR) is 49.2 cm³/mol. The van der Waals surface area contributed by atoms with Crippen molar-refractivity contribution in [3.05, 3.63) is 12.2 Å². The molecule has 0 amide bonds. The minimum Gasteiger partial charge on any atom is -0.126 e. The van der Waals surface area contributed by atoms with Crippen molar-refractivity contribution in [2.75, 3.05) is 5.88 Å². The molecular formula is C7H11Cl3. The van der Waals surface area contributed by atoms with Crippen LogP contribution in [0.2, 0.25) is 0 Å². The van der Waals surface area contributed by atoms with Gasteiger partial charge in [-0.1, -0.05) is 12.2 Å². The molecule has 0 heterocycles. The minimum absolute atomic E-state index is 0.236. The van der Waals surface area contributed by atoms with Gasteiger partial charge >= 0.3 is 0 Å². The molecule has 0 N–H and O–H groups in total. The van der Waals surface area contributed by atoms with Crippen LogP contribution in [-0.2, 0) is 0 Å². The predicted octanol–water partition coefficient (Wildman–Crippen LogP) is 3.76. The zero-order valence-electron chi connectivity index (χ0n) is 5.69. The third-order valence-corrected chi connectivity index (χ3v) is 1.65. The second-order valence-corrected chi connectivity index (χ2v) is 3.57. The highest BCUT2D eigenvalue weighted by Gasteiger charge is 1.93. The van der Waals surface area contributed by atoms with Gasteiger partial charge in [0.25, 0.3) is 0 Å². The molecule has 0 unspecified atom stereocenters. The summed E-state index contributed by atoms with van der Waals surface area (Å²) in [5.74, 6) is 0.682. The average Bonchev–Trinajstić information content (AvgIpc) is 1.87. The molecule has 0 aromatic rings. The Hall–Kier alpha value is 0.610. The van der Waals surface area contributed by atoms with E-state index in [2.05, 4.69) is 6.08 Å². The Labute approximate surface area is 77.1 Å². The summed E-state index contributed by atoms with van der Waals surface area (Å²) in [7, 11) is 0. The number of rotatable bonds is 5. The van der Waals surface area contributed by atoms with Gasteiger partial charge in [0, 0.05) is 5.88 Å². The van der Waals surface area contributed by atoms with Crippen molar-refractivity contribution in [1.82, 2.24) is 0 Å². The third-order valence-electron chi connectivity index (χ3n) is 0.994. The van der Waals surface area contributed by atoms with Gasteiger partial charge in [-0.05, 0) is 19.3 Å². The fourth-order valence-electron chi connectivity index (χ4n) is 0.521. The molecule has 0 aliphatic heterocycles. The van der Waals surface area contributed by atoms with Crippen LogP contribution in [0.1, 0.15) is 19.3 Å². The smallest absolute Gasteiger partial charge is 0.108 e. The topological polar surface area (TPSA) is 0 Å². The SMILES string of the molecule is ClCC/C=C/CCC(Cl)Cl. The van der Waals surface area contributed by atoms with E-state index in [1.807, 2.05) is 6.08 Å². The summed E-state index contributed by atoms with van der Waals surface area (Å²) in [6.45, 7) is 0. The molecule has 0 aromatic heterocycles. The van der Waals surface area contributed by atoms with Crippen LogP contribution in [0.15, 0.2) is 12.2 Å². The largest absolute Gasteiger partial charge is 0.126 e. The second-order valence-electron chi connectivity index (χ2n) is 1.92. The van der Waals surface area contributed by atoms with Gasteiger partial charge in [0.15, 0.2) is 0 Å². The van der Waals surface area contributed by atoms with Gasteiger partial charge in [-0.3, -0.25) is 0 Å². The third kappa shape index (κ3) is 8.61. The van der Waals surface area contributed by atoms with Gasteiger partial charge in [-0.15, -0.1) is 34.8 Å². The number of hydrogen-bond donors (Lipinski definition) is 0. The monoisotopic (exact) mass is 200 g/mol. The van der Waals surface area contributed by atoms with Crippen LogP contribution in [0.5, 0.6) is 0 Å². The summed E-state index contributed by atoms with van der Waals surface area (Å²) >= 11 is 16.4. The molecule has 0 saturated carbocycles. The maximum atomic E-state index is 5.50. The molecule has 0 bridgehead atoms. The molecular weight excluding hydrogens is 190 g/mol. The van der Waals surface area contributed by atoms with Gasteiger partial charge in [0.1, 0.15) is 4.84 Å². The highest BCUT2D eigenvalue weighted by Crippen LogP contribution is 2.09. The molecule has 0 aromatic carbocycles. The number of halogens is 3. The Kier molecular flexibility index (Phi) is 8.18. The zero-order valence-corrected chi connectivity index (χ0v) is 7.96. The average molecular weight is 202 g/mol. The lowest BCUT2D eigenvalue weighted by atomic mass is 10.3. The zero-order chi connectivity index (χ0) is 7.82. The molecule has 60 valence electrons. The highest BCUT2D eigenvalue weighted by molar-refractivity contribution is 6.44. The van der Waals surface area contributed by atoms with Crippen LogP contribution < -0.4 is 0 Å². The molecule has 0 fully saturated rings. The van der Waals surface area contributed by atoms with Crippen molar-refractivity contribution in [2.45, 2.75) is 24.1 Å². The first-order valence-corrected chi connectivity index (χ1v) is 4.67. The second kappa shape index (κ2) is 7.71. The maximum absolute atomic E-state index is 5.50. The molecule has 0 aliphatic carbocycles. The fourth-order valence-corrected chi connectivity index (χ4v) is 0.899. The van der Waals surface area contributed by atoms with E-state index in [4.69, 9.17) is 34.8 Å². The van der Waals surface area contributed by atoms with Gasteiger partial charge in [-0.2, -0.15) is 0 Å². The molecule has 0 saturated heterocycles. The van der Waals surface area contributed by atoms with Gasteiger partial charge in [-0.25, -0.2) is 0 Å². The maximum Gasteiger partial charge on any atom is 0.108 e. The summed E-state index contributed by atoms with van der Waals surface area (Å²) in [5.41, 5.74) is 0. The van der Waals surface area contributed by atoms with Crippen LogP contribution in [0.25, 0.3) is 0 Å². The van der Waals surface area contributed by atoms with Crippen molar-refractivity contribution >= 4 is 34.8 Å². The van der Waals surface area contributed by atoms with Crippen molar-refractivity contribution in [3.63, 3.8) is 0 Å².